The first-order chi connectivity index (χ1) is 9.99. The van der Waals surface area contributed by atoms with Crippen molar-refractivity contribution in [3.05, 3.63) is 24.1 Å². The van der Waals surface area contributed by atoms with Gasteiger partial charge in [-0.2, -0.15) is 10.1 Å². The minimum Gasteiger partial charge on any atom is -0.337 e. The van der Waals surface area contributed by atoms with Crippen LogP contribution in [0.1, 0.15) is 51.0 Å². The Bertz CT molecular complexity index is 603. The average molecular weight is 292 g/mol. The van der Waals surface area contributed by atoms with Crippen molar-refractivity contribution in [1.29, 1.82) is 0 Å². The van der Waals surface area contributed by atoms with Crippen molar-refractivity contribution in [2.45, 2.75) is 46.2 Å². The third kappa shape index (κ3) is 3.80. The molecule has 2 aromatic rings. The zero-order valence-electron chi connectivity index (χ0n) is 12.6. The highest BCUT2D eigenvalue weighted by atomic mass is 16.5. The maximum absolute atomic E-state index is 12.0. The second-order valence-electron chi connectivity index (χ2n) is 5.04. The van der Waals surface area contributed by atoms with Gasteiger partial charge in [0.05, 0.1) is 11.9 Å². The Morgan fingerprint density at radius 3 is 2.76 bits per heavy atom. The molecule has 2 amide bonds. The summed E-state index contributed by atoms with van der Waals surface area (Å²) in [5.74, 6) is 0.951. The van der Waals surface area contributed by atoms with Crippen LogP contribution in [0.5, 0.6) is 0 Å². The van der Waals surface area contributed by atoms with Crippen LogP contribution in [0.2, 0.25) is 0 Å². The van der Waals surface area contributed by atoms with Gasteiger partial charge in [-0.1, -0.05) is 12.1 Å². The standard InChI is InChI=1S/C13H20N6O2/c1-5-11(12-15-9(4)18-21-12)17-13(20)16-10-6-14-19(7-10)8(2)3/h6-8,11H,5H2,1-4H3,(H2,16,17,20)/t11-/m0/s1. The number of nitrogens with zero attached hydrogens (tertiary/aromatic N) is 4. The van der Waals surface area contributed by atoms with Crippen LogP contribution in [0.4, 0.5) is 10.5 Å². The summed E-state index contributed by atoms with van der Waals surface area (Å²) in [6, 6.07) is -0.402. The van der Waals surface area contributed by atoms with E-state index >= 15 is 0 Å². The average Bonchev–Trinajstić information content (AvgIpc) is 3.05. The molecule has 2 rings (SSSR count). The molecule has 8 nitrogen and oxygen atoms in total. The Labute approximate surface area is 122 Å². The quantitative estimate of drug-likeness (QED) is 0.882. The molecule has 0 aliphatic rings. The fourth-order valence-electron chi connectivity index (χ4n) is 1.80. The minimum atomic E-state index is -0.332. The fraction of sp³-hybridized carbons (Fsp3) is 0.538. The molecule has 114 valence electrons. The number of aryl methyl sites for hydroxylation is 1. The van der Waals surface area contributed by atoms with Crippen molar-refractivity contribution in [2.24, 2.45) is 0 Å². The largest absolute Gasteiger partial charge is 0.337 e. The fourth-order valence-corrected chi connectivity index (χ4v) is 1.80. The number of aromatic nitrogens is 4. The second kappa shape index (κ2) is 6.38. The van der Waals surface area contributed by atoms with Crippen molar-refractivity contribution >= 4 is 11.7 Å². The molecule has 2 aromatic heterocycles. The third-order valence-electron chi connectivity index (χ3n) is 2.94. The van der Waals surface area contributed by atoms with Crippen molar-refractivity contribution in [3.63, 3.8) is 0 Å². The number of anilines is 1. The molecule has 0 radical (unpaired) electrons. The molecule has 0 bridgehead atoms. The van der Waals surface area contributed by atoms with E-state index in [9.17, 15) is 4.79 Å². The number of urea groups is 1. The van der Waals surface area contributed by atoms with Gasteiger partial charge in [0.2, 0.25) is 5.89 Å². The maximum atomic E-state index is 12.0. The predicted molar refractivity (Wildman–Crippen MR) is 76.8 cm³/mol. The van der Waals surface area contributed by atoms with Gasteiger partial charge in [-0.25, -0.2) is 4.79 Å². The second-order valence-corrected chi connectivity index (χ2v) is 5.04. The van der Waals surface area contributed by atoms with E-state index in [0.717, 1.165) is 0 Å². The van der Waals surface area contributed by atoms with Crippen LogP contribution in [0.3, 0.4) is 0 Å². The van der Waals surface area contributed by atoms with Gasteiger partial charge in [-0.15, -0.1) is 0 Å². The third-order valence-corrected chi connectivity index (χ3v) is 2.94. The minimum absolute atomic E-state index is 0.244. The lowest BCUT2D eigenvalue weighted by Crippen LogP contribution is -2.32. The Morgan fingerprint density at radius 1 is 1.48 bits per heavy atom. The van der Waals surface area contributed by atoms with Crippen molar-refractivity contribution in [2.75, 3.05) is 5.32 Å². The van der Waals surface area contributed by atoms with E-state index in [2.05, 4.69) is 25.9 Å². The first kappa shape index (κ1) is 15.0. The predicted octanol–water partition coefficient (Wildman–Crippen LogP) is 2.43. The molecular formula is C13H20N6O2. The molecule has 21 heavy (non-hydrogen) atoms. The monoisotopic (exact) mass is 292 g/mol. The number of rotatable bonds is 5. The number of carbonyl (C=O) groups excluding carboxylic acids is 1. The molecule has 0 saturated heterocycles. The first-order valence-corrected chi connectivity index (χ1v) is 6.91. The Morgan fingerprint density at radius 2 is 2.24 bits per heavy atom. The van der Waals surface area contributed by atoms with Gasteiger partial charge in [0.25, 0.3) is 0 Å². The zero-order chi connectivity index (χ0) is 15.4. The van der Waals surface area contributed by atoms with Gasteiger partial charge in [0, 0.05) is 12.2 Å². The topological polar surface area (TPSA) is 97.9 Å². The van der Waals surface area contributed by atoms with Crippen LogP contribution in [0, 0.1) is 6.92 Å². The molecule has 0 fully saturated rings. The van der Waals surface area contributed by atoms with Crippen LogP contribution in [-0.2, 0) is 0 Å². The van der Waals surface area contributed by atoms with E-state index in [0.29, 0.717) is 23.8 Å². The van der Waals surface area contributed by atoms with Gasteiger partial charge in [-0.3, -0.25) is 4.68 Å². The molecule has 2 N–H and O–H groups in total. The zero-order valence-corrected chi connectivity index (χ0v) is 12.6. The summed E-state index contributed by atoms with van der Waals surface area (Å²) in [7, 11) is 0. The van der Waals surface area contributed by atoms with Gasteiger partial charge in [-0.05, 0) is 27.2 Å². The number of hydrogen-bond acceptors (Lipinski definition) is 5. The summed E-state index contributed by atoms with van der Waals surface area (Å²) in [5.41, 5.74) is 0.637. The number of amides is 2. The normalized spacial score (nSPS) is 12.4. The summed E-state index contributed by atoms with van der Waals surface area (Å²) in [6.45, 7) is 7.70. The van der Waals surface area contributed by atoms with Crippen LogP contribution >= 0.6 is 0 Å². The van der Waals surface area contributed by atoms with Crippen molar-refractivity contribution < 1.29 is 9.32 Å². The van der Waals surface area contributed by atoms with E-state index in [1.54, 1.807) is 24.0 Å². The Kier molecular flexibility index (Phi) is 4.56. The smallest absolute Gasteiger partial charge is 0.319 e. The molecule has 0 spiro atoms. The van der Waals surface area contributed by atoms with E-state index in [4.69, 9.17) is 4.52 Å². The number of nitrogens with one attached hydrogen (secondary N) is 2. The van der Waals surface area contributed by atoms with Crippen LogP contribution in [0.25, 0.3) is 0 Å². The summed E-state index contributed by atoms with van der Waals surface area (Å²) < 4.78 is 6.86. The molecule has 0 aromatic carbocycles. The number of carbonyl (C=O) groups is 1. The SMILES string of the molecule is CC[C@H](NC(=O)Nc1cnn(C(C)C)c1)c1nc(C)no1. The van der Waals surface area contributed by atoms with E-state index in [1.165, 1.54) is 0 Å². The molecular weight excluding hydrogens is 272 g/mol. The van der Waals surface area contributed by atoms with Crippen molar-refractivity contribution in [1.82, 2.24) is 25.2 Å². The highest BCUT2D eigenvalue weighted by molar-refractivity contribution is 5.89. The highest BCUT2D eigenvalue weighted by Crippen LogP contribution is 2.15. The maximum Gasteiger partial charge on any atom is 0.319 e. The summed E-state index contributed by atoms with van der Waals surface area (Å²) in [5, 5.41) is 13.4. The summed E-state index contributed by atoms with van der Waals surface area (Å²) in [4.78, 5) is 16.1. The van der Waals surface area contributed by atoms with Crippen molar-refractivity contribution in [3.8, 4) is 0 Å². The van der Waals surface area contributed by atoms with Crippen LogP contribution in [0.15, 0.2) is 16.9 Å². The molecule has 0 aliphatic heterocycles. The highest BCUT2D eigenvalue weighted by Gasteiger charge is 2.19. The molecule has 8 heteroatoms. The summed E-state index contributed by atoms with van der Waals surface area (Å²) in [6.07, 6.45) is 4.04. The molecule has 0 aliphatic carbocycles. The first-order valence-electron chi connectivity index (χ1n) is 6.91. The van der Waals surface area contributed by atoms with Gasteiger partial charge in [0.1, 0.15) is 6.04 Å². The van der Waals surface area contributed by atoms with E-state index < -0.39 is 0 Å². The Balaban J connectivity index is 1.96. The Hall–Kier alpha value is -2.38. The molecule has 0 unspecified atom stereocenters. The van der Waals surface area contributed by atoms with Crippen LogP contribution < -0.4 is 10.6 Å². The summed E-state index contributed by atoms with van der Waals surface area (Å²) >= 11 is 0. The molecule has 2 heterocycles. The van der Waals surface area contributed by atoms with Gasteiger partial charge in [0.15, 0.2) is 5.82 Å². The lowest BCUT2D eigenvalue weighted by molar-refractivity contribution is 0.243. The van der Waals surface area contributed by atoms with Gasteiger partial charge >= 0.3 is 6.03 Å². The number of hydrogen-bond donors (Lipinski definition) is 2. The van der Waals surface area contributed by atoms with Gasteiger partial charge < -0.3 is 15.2 Å². The van der Waals surface area contributed by atoms with Crippen LogP contribution in [-0.4, -0.2) is 26.0 Å². The lowest BCUT2D eigenvalue weighted by atomic mass is 10.2. The lowest BCUT2D eigenvalue weighted by Gasteiger charge is -2.12. The molecule has 1 atom stereocenters. The van der Waals surface area contributed by atoms with E-state index in [1.807, 2.05) is 20.8 Å². The molecule has 0 saturated carbocycles. The van der Waals surface area contributed by atoms with E-state index in [-0.39, 0.29) is 18.1 Å².